The predicted molar refractivity (Wildman–Crippen MR) is 95.6 cm³/mol. The number of nitrogens with one attached hydrogen (secondary N) is 2. The summed E-state index contributed by atoms with van der Waals surface area (Å²) in [6.45, 7) is 4.74. The fourth-order valence-corrected chi connectivity index (χ4v) is 2.20. The zero-order valence-electron chi connectivity index (χ0n) is 14.4. The first kappa shape index (κ1) is 18.2. The summed E-state index contributed by atoms with van der Waals surface area (Å²) < 4.78 is 5.07. The molecule has 0 aliphatic rings. The summed E-state index contributed by atoms with van der Waals surface area (Å²) in [4.78, 5) is 34.9. The summed E-state index contributed by atoms with van der Waals surface area (Å²) in [5.74, 6) is -1.14. The second kappa shape index (κ2) is 8.10. The minimum Gasteiger partial charge on any atom is -0.452 e. The quantitative estimate of drug-likeness (QED) is 0.819. The lowest BCUT2D eigenvalue weighted by atomic mass is 10.1. The highest BCUT2D eigenvalue weighted by Crippen LogP contribution is 2.14. The van der Waals surface area contributed by atoms with Crippen molar-refractivity contribution in [1.29, 1.82) is 0 Å². The number of benzene rings is 2. The van der Waals surface area contributed by atoms with Crippen LogP contribution in [0.5, 0.6) is 0 Å². The molecule has 0 atom stereocenters. The second-order valence-corrected chi connectivity index (χ2v) is 5.70. The van der Waals surface area contributed by atoms with Gasteiger partial charge in [0.25, 0.3) is 5.91 Å². The molecule has 2 rings (SSSR count). The molecule has 0 aliphatic carbocycles. The molecule has 2 aromatic carbocycles. The van der Waals surface area contributed by atoms with Crippen LogP contribution in [0.4, 0.5) is 11.4 Å². The predicted octanol–water partition coefficient (Wildman–Crippen LogP) is 3.06. The van der Waals surface area contributed by atoms with E-state index >= 15 is 0 Å². The number of hydrogen-bond donors (Lipinski definition) is 2. The minimum absolute atomic E-state index is 0.171. The fraction of sp³-hybridized carbons (Fsp3) is 0.211. The van der Waals surface area contributed by atoms with Crippen LogP contribution in [-0.4, -0.2) is 24.4 Å². The van der Waals surface area contributed by atoms with Crippen molar-refractivity contribution in [3.05, 3.63) is 59.2 Å². The molecule has 0 aliphatic heterocycles. The van der Waals surface area contributed by atoms with Crippen molar-refractivity contribution in [3.63, 3.8) is 0 Å². The first-order valence-corrected chi connectivity index (χ1v) is 7.77. The van der Waals surface area contributed by atoms with Crippen LogP contribution in [0, 0.1) is 13.8 Å². The third kappa shape index (κ3) is 5.46. The summed E-state index contributed by atoms with van der Waals surface area (Å²) in [7, 11) is 0. The Morgan fingerprint density at radius 1 is 0.920 bits per heavy atom. The van der Waals surface area contributed by atoms with E-state index in [0.717, 1.165) is 11.1 Å². The lowest BCUT2D eigenvalue weighted by Gasteiger charge is -2.09. The number of ether oxygens (including phenoxy) is 1. The highest BCUT2D eigenvalue weighted by molar-refractivity contribution is 5.96. The Morgan fingerprint density at radius 3 is 2.12 bits per heavy atom. The molecule has 2 N–H and O–H groups in total. The van der Waals surface area contributed by atoms with Crippen molar-refractivity contribution in [3.8, 4) is 0 Å². The first-order chi connectivity index (χ1) is 11.8. The van der Waals surface area contributed by atoms with Gasteiger partial charge in [0.15, 0.2) is 6.61 Å². The van der Waals surface area contributed by atoms with Crippen LogP contribution in [0.15, 0.2) is 42.5 Å². The second-order valence-electron chi connectivity index (χ2n) is 5.70. The van der Waals surface area contributed by atoms with Gasteiger partial charge < -0.3 is 15.4 Å². The number of carbonyl (C=O) groups excluding carboxylic acids is 3. The normalized spacial score (nSPS) is 10.0. The standard InChI is InChI=1S/C19H20N2O4/c1-12-4-5-13(2)17(10-12)19(24)25-11-18(23)21-16-8-6-15(7-9-16)20-14(3)22/h4-10H,11H2,1-3H3,(H,20,22)(H,21,23). The lowest BCUT2D eigenvalue weighted by molar-refractivity contribution is -0.119. The van der Waals surface area contributed by atoms with E-state index in [1.54, 1.807) is 30.3 Å². The van der Waals surface area contributed by atoms with Gasteiger partial charge in [0, 0.05) is 18.3 Å². The van der Waals surface area contributed by atoms with Crippen molar-refractivity contribution >= 4 is 29.2 Å². The highest BCUT2D eigenvalue weighted by Gasteiger charge is 2.13. The smallest absolute Gasteiger partial charge is 0.338 e. The third-order valence-electron chi connectivity index (χ3n) is 3.44. The van der Waals surface area contributed by atoms with Crippen LogP contribution in [0.2, 0.25) is 0 Å². The molecule has 2 amide bonds. The third-order valence-corrected chi connectivity index (χ3v) is 3.44. The van der Waals surface area contributed by atoms with Gasteiger partial charge in [0.2, 0.25) is 5.91 Å². The molecule has 6 nitrogen and oxygen atoms in total. The van der Waals surface area contributed by atoms with E-state index in [1.165, 1.54) is 6.92 Å². The monoisotopic (exact) mass is 340 g/mol. The molecule has 0 radical (unpaired) electrons. The number of hydrogen-bond acceptors (Lipinski definition) is 4. The summed E-state index contributed by atoms with van der Waals surface area (Å²) >= 11 is 0. The number of esters is 1. The van der Waals surface area contributed by atoms with Gasteiger partial charge in [-0.25, -0.2) is 4.79 Å². The molecule has 2 aromatic rings. The fourth-order valence-electron chi connectivity index (χ4n) is 2.20. The van der Waals surface area contributed by atoms with Crippen LogP contribution in [0.3, 0.4) is 0 Å². The number of rotatable bonds is 5. The number of anilines is 2. The van der Waals surface area contributed by atoms with E-state index in [2.05, 4.69) is 10.6 Å². The Morgan fingerprint density at radius 2 is 1.52 bits per heavy atom. The van der Waals surface area contributed by atoms with E-state index in [9.17, 15) is 14.4 Å². The van der Waals surface area contributed by atoms with E-state index in [-0.39, 0.29) is 12.5 Å². The molecule has 0 heterocycles. The molecule has 0 spiro atoms. The molecule has 0 bridgehead atoms. The topological polar surface area (TPSA) is 84.5 Å². The zero-order valence-corrected chi connectivity index (χ0v) is 14.4. The van der Waals surface area contributed by atoms with Crippen molar-refractivity contribution in [2.45, 2.75) is 20.8 Å². The Labute approximate surface area is 146 Å². The SMILES string of the molecule is CC(=O)Nc1ccc(NC(=O)COC(=O)c2cc(C)ccc2C)cc1. The molecule has 0 saturated heterocycles. The molecule has 0 unspecified atom stereocenters. The van der Waals surface area contributed by atoms with E-state index in [4.69, 9.17) is 4.74 Å². The van der Waals surface area contributed by atoms with Crippen LogP contribution < -0.4 is 10.6 Å². The van der Waals surface area contributed by atoms with Crippen molar-refractivity contribution in [1.82, 2.24) is 0 Å². The van der Waals surface area contributed by atoms with Crippen LogP contribution in [-0.2, 0) is 14.3 Å². The molecule has 6 heteroatoms. The largest absolute Gasteiger partial charge is 0.452 e. The van der Waals surface area contributed by atoms with E-state index < -0.39 is 11.9 Å². The van der Waals surface area contributed by atoms with Gasteiger partial charge in [-0.3, -0.25) is 9.59 Å². The molecular formula is C19H20N2O4. The Kier molecular flexibility index (Phi) is 5.89. The van der Waals surface area contributed by atoms with Crippen LogP contribution in [0.25, 0.3) is 0 Å². The van der Waals surface area contributed by atoms with Gasteiger partial charge >= 0.3 is 5.97 Å². The molecule has 25 heavy (non-hydrogen) atoms. The highest BCUT2D eigenvalue weighted by atomic mass is 16.5. The lowest BCUT2D eigenvalue weighted by Crippen LogP contribution is -2.21. The van der Waals surface area contributed by atoms with Crippen molar-refractivity contribution in [2.24, 2.45) is 0 Å². The van der Waals surface area contributed by atoms with Gasteiger partial charge in [0.05, 0.1) is 5.56 Å². The van der Waals surface area contributed by atoms with Gasteiger partial charge in [-0.2, -0.15) is 0 Å². The van der Waals surface area contributed by atoms with Gasteiger partial charge in [-0.15, -0.1) is 0 Å². The molecular weight excluding hydrogens is 320 g/mol. The zero-order chi connectivity index (χ0) is 18.4. The summed E-state index contributed by atoms with van der Waals surface area (Å²) in [6.07, 6.45) is 0. The van der Waals surface area contributed by atoms with Crippen LogP contribution in [0.1, 0.15) is 28.4 Å². The van der Waals surface area contributed by atoms with Gasteiger partial charge in [0.1, 0.15) is 0 Å². The average Bonchev–Trinajstić information content (AvgIpc) is 2.56. The summed E-state index contributed by atoms with van der Waals surface area (Å²) in [5.41, 5.74) is 3.37. The summed E-state index contributed by atoms with van der Waals surface area (Å²) in [6, 6.07) is 12.1. The molecule has 0 saturated carbocycles. The maximum absolute atomic E-state index is 12.1. The molecule has 0 fully saturated rings. The van der Waals surface area contributed by atoms with Crippen molar-refractivity contribution in [2.75, 3.05) is 17.2 Å². The average molecular weight is 340 g/mol. The van der Waals surface area contributed by atoms with Gasteiger partial charge in [-0.1, -0.05) is 17.7 Å². The van der Waals surface area contributed by atoms with E-state index in [0.29, 0.717) is 16.9 Å². The Hall–Kier alpha value is -3.15. The summed E-state index contributed by atoms with van der Waals surface area (Å²) in [5, 5.41) is 5.26. The maximum Gasteiger partial charge on any atom is 0.338 e. The number of amides is 2. The maximum atomic E-state index is 12.1. The Bertz CT molecular complexity index is 798. The minimum atomic E-state index is -0.530. The van der Waals surface area contributed by atoms with E-state index in [1.807, 2.05) is 26.0 Å². The number of carbonyl (C=O) groups is 3. The Balaban J connectivity index is 1.89. The number of aryl methyl sites for hydroxylation is 2. The first-order valence-electron chi connectivity index (χ1n) is 7.77. The molecule has 0 aromatic heterocycles. The van der Waals surface area contributed by atoms with Gasteiger partial charge in [-0.05, 0) is 49.7 Å². The molecule has 130 valence electrons. The van der Waals surface area contributed by atoms with Crippen LogP contribution >= 0.6 is 0 Å². The van der Waals surface area contributed by atoms with Crippen molar-refractivity contribution < 1.29 is 19.1 Å².